The molecule has 0 saturated carbocycles. The molecule has 0 aliphatic heterocycles. The maximum atomic E-state index is 5.70. The Morgan fingerprint density at radius 1 is 0.974 bits per heavy atom. The summed E-state index contributed by atoms with van der Waals surface area (Å²) in [5, 5.41) is 8.10. The number of hydrogen-bond acceptors (Lipinski definition) is 10. The van der Waals surface area contributed by atoms with E-state index in [2.05, 4.69) is 47.1 Å². The fraction of sp³-hybridized carbons (Fsp3) is 0.607. The van der Waals surface area contributed by atoms with Gasteiger partial charge in [-0.1, -0.05) is 19.9 Å². The molecule has 1 N–H and O–H groups in total. The van der Waals surface area contributed by atoms with Crippen LogP contribution in [0.2, 0.25) is 0 Å². The Kier molecular flexibility index (Phi) is 13.2. The molecule has 3 aromatic heterocycles. The lowest BCUT2D eigenvalue weighted by Crippen LogP contribution is -2.25. The van der Waals surface area contributed by atoms with Crippen LogP contribution in [0, 0.1) is 0 Å². The largest absolute Gasteiger partial charge is 0.475 e. The van der Waals surface area contributed by atoms with Crippen molar-refractivity contribution in [3.8, 4) is 5.88 Å². The number of aryl methyl sites for hydroxylation is 1. The molecule has 0 aromatic carbocycles. The van der Waals surface area contributed by atoms with Gasteiger partial charge in [0.15, 0.2) is 11.9 Å². The molecular weight excluding hydrogens is 500 g/mol. The van der Waals surface area contributed by atoms with Gasteiger partial charge in [0.1, 0.15) is 18.2 Å². The zero-order valence-electron chi connectivity index (χ0n) is 24.0. The summed E-state index contributed by atoms with van der Waals surface area (Å²) in [5.41, 5.74) is 3.07. The summed E-state index contributed by atoms with van der Waals surface area (Å²) in [6.07, 6.45) is 6.11. The van der Waals surface area contributed by atoms with Crippen LogP contribution in [-0.2, 0) is 31.9 Å². The third-order valence-corrected chi connectivity index (χ3v) is 6.26. The summed E-state index contributed by atoms with van der Waals surface area (Å²) in [6.45, 7) is 11.4. The van der Waals surface area contributed by atoms with Gasteiger partial charge in [0, 0.05) is 64.2 Å². The SMILES string of the molecule is CCCN(CC)c1cc(NCc2ccc(OCCOCCOCCC(OC)OC)nc2)n2ncc(CC)c2n1. The van der Waals surface area contributed by atoms with E-state index in [1.807, 2.05) is 29.0 Å². The molecule has 0 amide bonds. The Labute approximate surface area is 231 Å². The summed E-state index contributed by atoms with van der Waals surface area (Å²) < 4.78 is 28.9. The average molecular weight is 545 g/mol. The van der Waals surface area contributed by atoms with E-state index in [0.717, 1.165) is 54.3 Å². The fourth-order valence-electron chi connectivity index (χ4n) is 4.07. The smallest absolute Gasteiger partial charge is 0.213 e. The van der Waals surface area contributed by atoms with Crippen LogP contribution in [0.1, 0.15) is 44.7 Å². The lowest BCUT2D eigenvalue weighted by Gasteiger charge is -2.22. The predicted molar refractivity (Wildman–Crippen MR) is 152 cm³/mol. The molecule has 0 aliphatic carbocycles. The van der Waals surface area contributed by atoms with Gasteiger partial charge in [-0.2, -0.15) is 9.61 Å². The highest BCUT2D eigenvalue weighted by molar-refractivity contribution is 5.61. The van der Waals surface area contributed by atoms with E-state index >= 15 is 0 Å². The number of anilines is 2. The van der Waals surface area contributed by atoms with Gasteiger partial charge >= 0.3 is 0 Å². The second kappa shape index (κ2) is 16.9. The van der Waals surface area contributed by atoms with Crippen molar-refractivity contribution in [2.45, 2.75) is 52.9 Å². The summed E-state index contributed by atoms with van der Waals surface area (Å²) in [6, 6.07) is 5.95. The monoisotopic (exact) mass is 544 g/mol. The van der Waals surface area contributed by atoms with Crippen molar-refractivity contribution >= 4 is 17.3 Å². The van der Waals surface area contributed by atoms with Gasteiger partial charge in [-0.15, -0.1) is 0 Å². The van der Waals surface area contributed by atoms with E-state index in [1.54, 1.807) is 14.2 Å². The number of ether oxygens (including phenoxy) is 5. The van der Waals surface area contributed by atoms with Crippen LogP contribution in [0.5, 0.6) is 5.88 Å². The van der Waals surface area contributed by atoms with E-state index in [9.17, 15) is 0 Å². The van der Waals surface area contributed by atoms with Gasteiger partial charge in [0.25, 0.3) is 0 Å². The lowest BCUT2D eigenvalue weighted by atomic mass is 10.2. The topological polar surface area (TPSA) is 105 Å². The van der Waals surface area contributed by atoms with Crippen molar-refractivity contribution in [1.82, 2.24) is 19.6 Å². The van der Waals surface area contributed by atoms with Gasteiger partial charge < -0.3 is 33.9 Å². The van der Waals surface area contributed by atoms with Crippen molar-refractivity contribution in [3.05, 3.63) is 41.7 Å². The second-order valence-corrected chi connectivity index (χ2v) is 8.96. The van der Waals surface area contributed by atoms with Gasteiger partial charge in [-0.05, 0) is 25.3 Å². The van der Waals surface area contributed by atoms with Crippen LogP contribution in [0.15, 0.2) is 30.6 Å². The first-order valence-corrected chi connectivity index (χ1v) is 13.8. The van der Waals surface area contributed by atoms with Gasteiger partial charge in [-0.25, -0.2) is 9.97 Å². The first kappa shape index (κ1) is 30.6. The molecule has 0 bridgehead atoms. The third kappa shape index (κ3) is 9.31. The maximum absolute atomic E-state index is 5.70. The molecule has 3 rings (SSSR count). The molecule has 0 atom stereocenters. The Morgan fingerprint density at radius 2 is 1.74 bits per heavy atom. The first-order valence-electron chi connectivity index (χ1n) is 13.8. The summed E-state index contributed by atoms with van der Waals surface area (Å²) >= 11 is 0. The summed E-state index contributed by atoms with van der Waals surface area (Å²) in [4.78, 5) is 11.7. The highest BCUT2D eigenvalue weighted by Gasteiger charge is 2.14. The lowest BCUT2D eigenvalue weighted by molar-refractivity contribution is -0.116. The number of nitrogens with one attached hydrogen (secondary N) is 1. The van der Waals surface area contributed by atoms with Crippen LogP contribution in [0.25, 0.3) is 5.65 Å². The molecule has 0 aliphatic rings. The Morgan fingerprint density at radius 3 is 2.41 bits per heavy atom. The van der Waals surface area contributed by atoms with Crippen LogP contribution in [0.4, 0.5) is 11.6 Å². The Bertz CT molecular complexity index is 1090. The second-order valence-electron chi connectivity index (χ2n) is 8.96. The Balaban J connectivity index is 1.45. The molecular formula is C28H44N6O5. The maximum Gasteiger partial charge on any atom is 0.213 e. The van der Waals surface area contributed by atoms with Crippen LogP contribution in [0.3, 0.4) is 0 Å². The predicted octanol–water partition coefficient (Wildman–Crippen LogP) is 3.96. The standard InChI is InChI=1S/C28H44N6O5/c1-6-12-33(8-3)25-18-24(34-28(32-25)23(7-2)21-31-34)29-19-22-9-10-26(30-20-22)39-17-16-38-15-14-37-13-11-27(35-4)36-5/h9-10,18,20-21,27,29H,6-8,11-17,19H2,1-5H3. The number of methoxy groups -OCH3 is 2. The first-order chi connectivity index (χ1) is 19.1. The van der Waals surface area contributed by atoms with E-state index in [0.29, 0.717) is 51.9 Å². The van der Waals surface area contributed by atoms with E-state index in [1.165, 1.54) is 0 Å². The van der Waals surface area contributed by atoms with Crippen LogP contribution < -0.4 is 15.0 Å². The highest BCUT2D eigenvalue weighted by Crippen LogP contribution is 2.23. The van der Waals surface area contributed by atoms with Crippen LogP contribution in [-0.4, -0.2) is 86.2 Å². The molecule has 0 unspecified atom stereocenters. The van der Waals surface area contributed by atoms with Gasteiger partial charge in [-0.3, -0.25) is 0 Å². The quantitative estimate of drug-likeness (QED) is 0.166. The van der Waals surface area contributed by atoms with Crippen molar-refractivity contribution < 1.29 is 23.7 Å². The minimum absolute atomic E-state index is 0.235. The number of rotatable bonds is 20. The van der Waals surface area contributed by atoms with Crippen molar-refractivity contribution in [2.75, 3.05) is 70.6 Å². The molecule has 0 saturated heterocycles. The number of pyridine rings is 1. The molecule has 11 nitrogen and oxygen atoms in total. The number of nitrogens with zero attached hydrogens (tertiary/aromatic N) is 5. The minimum Gasteiger partial charge on any atom is -0.475 e. The normalized spacial score (nSPS) is 11.4. The molecule has 3 heterocycles. The number of hydrogen-bond donors (Lipinski definition) is 1. The highest BCUT2D eigenvalue weighted by atomic mass is 16.7. The van der Waals surface area contributed by atoms with Crippen LogP contribution >= 0.6 is 0 Å². The van der Waals surface area contributed by atoms with E-state index in [-0.39, 0.29) is 6.29 Å². The molecule has 3 aromatic rings. The molecule has 216 valence electrons. The van der Waals surface area contributed by atoms with Gasteiger partial charge in [0.05, 0.1) is 32.6 Å². The minimum atomic E-state index is -0.235. The van der Waals surface area contributed by atoms with E-state index < -0.39 is 0 Å². The average Bonchev–Trinajstić information content (AvgIpc) is 3.39. The Hall–Kier alpha value is -2.99. The zero-order chi connectivity index (χ0) is 27.9. The summed E-state index contributed by atoms with van der Waals surface area (Å²) in [5.74, 6) is 2.43. The summed E-state index contributed by atoms with van der Waals surface area (Å²) in [7, 11) is 3.23. The van der Waals surface area contributed by atoms with E-state index in [4.69, 9.17) is 28.7 Å². The number of fused-ring (bicyclic) bond motifs is 1. The zero-order valence-corrected chi connectivity index (χ0v) is 24.0. The number of aromatic nitrogens is 4. The van der Waals surface area contributed by atoms with Gasteiger partial charge in [0.2, 0.25) is 5.88 Å². The fourth-order valence-corrected chi connectivity index (χ4v) is 4.07. The molecule has 11 heteroatoms. The molecule has 39 heavy (non-hydrogen) atoms. The third-order valence-electron chi connectivity index (χ3n) is 6.26. The molecule has 0 radical (unpaired) electrons. The van der Waals surface area contributed by atoms with Crippen molar-refractivity contribution in [1.29, 1.82) is 0 Å². The molecule has 0 fully saturated rings. The molecule has 0 spiro atoms. The van der Waals surface area contributed by atoms with Crippen molar-refractivity contribution in [2.24, 2.45) is 0 Å². The van der Waals surface area contributed by atoms with Crippen molar-refractivity contribution in [3.63, 3.8) is 0 Å².